The lowest BCUT2D eigenvalue weighted by Crippen LogP contribution is -2.32. The van der Waals surface area contributed by atoms with E-state index in [-0.39, 0.29) is 22.7 Å². The van der Waals surface area contributed by atoms with Gasteiger partial charge in [-0.05, 0) is 47.9 Å². The maximum Gasteiger partial charge on any atom is 0.325 e. The number of rotatable bonds is 7. The summed E-state index contributed by atoms with van der Waals surface area (Å²) in [5.41, 5.74) is 3.98. The third-order valence-corrected chi connectivity index (χ3v) is 4.98. The Morgan fingerprint density at radius 2 is 1.55 bits per heavy atom. The van der Waals surface area contributed by atoms with Crippen molar-refractivity contribution >= 4 is 41.6 Å². The molecule has 1 N–H and O–H groups in total. The molecule has 0 radical (unpaired) electrons. The molecule has 3 rings (SSSR count). The third kappa shape index (κ3) is 6.18. The molecule has 2 aromatic carbocycles. The van der Waals surface area contributed by atoms with Crippen LogP contribution in [0.15, 0.2) is 66.7 Å². The number of carbonyl (C=O) groups is 1. The van der Waals surface area contributed by atoms with E-state index in [9.17, 15) is 9.90 Å². The van der Waals surface area contributed by atoms with E-state index in [2.05, 4.69) is 41.4 Å². The Morgan fingerprint density at radius 1 is 1.00 bits per heavy atom. The molecule has 0 aliphatic carbocycles. The molecular formula is C22H21Cl3N2O2. The van der Waals surface area contributed by atoms with Gasteiger partial charge in [-0.2, -0.15) is 0 Å². The summed E-state index contributed by atoms with van der Waals surface area (Å²) in [7, 11) is 1.78. The highest BCUT2D eigenvalue weighted by Gasteiger charge is 2.25. The topological polar surface area (TPSA) is 53.4 Å². The van der Waals surface area contributed by atoms with Crippen LogP contribution in [-0.2, 0) is 11.2 Å². The van der Waals surface area contributed by atoms with Crippen LogP contribution >= 0.6 is 35.6 Å². The van der Waals surface area contributed by atoms with Gasteiger partial charge in [0.1, 0.15) is 16.3 Å². The molecule has 1 heterocycles. The Morgan fingerprint density at radius 3 is 2.10 bits per heavy atom. The fraction of sp³-hybridized carbons (Fsp3) is 0.182. The lowest BCUT2D eigenvalue weighted by atomic mass is 10.0. The van der Waals surface area contributed by atoms with Crippen LogP contribution in [0.5, 0.6) is 0 Å². The van der Waals surface area contributed by atoms with Gasteiger partial charge in [0.05, 0.1) is 0 Å². The van der Waals surface area contributed by atoms with Crippen LogP contribution in [0.3, 0.4) is 0 Å². The maximum atomic E-state index is 11.8. The fourth-order valence-corrected chi connectivity index (χ4v) is 3.63. The molecule has 1 atom stereocenters. The molecule has 0 aliphatic rings. The molecule has 29 heavy (non-hydrogen) atoms. The van der Waals surface area contributed by atoms with Gasteiger partial charge in [-0.1, -0.05) is 77.8 Å². The van der Waals surface area contributed by atoms with Crippen molar-refractivity contribution in [1.82, 2.24) is 9.88 Å². The predicted octanol–water partition coefficient (Wildman–Crippen LogP) is 5.78. The molecule has 3 aromatic rings. The van der Waals surface area contributed by atoms with Gasteiger partial charge in [0.15, 0.2) is 0 Å². The summed E-state index contributed by atoms with van der Waals surface area (Å²) in [6, 6.07) is 20.7. The number of likely N-dealkylation sites (N-methyl/N-ethyl adjacent to an activating group) is 1. The summed E-state index contributed by atoms with van der Waals surface area (Å²) >= 11 is 11.9. The molecule has 152 valence electrons. The highest BCUT2D eigenvalue weighted by molar-refractivity contribution is 6.32. The maximum absolute atomic E-state index is 11.8. The van der Waals surface area contributed by atoms with Crippen molar-refractivity contribution in [2.75, 3.05) is 13.6 Å². The van der Waals surface area contributed by atoms with Crippen LogP contribution in [-0.4, -0.2) is 34.6 Å². The van der Waals surface area contributed by atoms with Crippen molar-refractivity contribution in [3.05, 3.63) is 88.2 Å². The van der Waals surface area contributed by atoms with E-state index in [1.807, 2.05) is 18.2 Å². The highest BCUT2D eigenvalue weighted by atomic mass is 35.5. The molecule has 0 spiro atoms. The van der Waals surface area contributed by atoms with Crippen LogP contribution in [0.25, 0.3) is 11.1 Å². The number of pyridine rings is 1. The quantitative estimate of drug-likeness (QED) is 0.463. The predicted molar refractivity (Wildman–Crippen MR) is 120 cm³/mol. The zero-order chi connectivity index (χ0) is 20.1. The van der Waals surface area contributed by atoms with Gasteiger partial charge in [-0.25, -0.2) is 4.98 Å². The zero-order valence-electron chi connectivity index (χ0n) is 15.8. The summed E-state index contributed by atoms with van der Waals surface area (Å²) in [5.74, 6) is -0.958. The number of hydrogen-bond donors (Lipinski definition) is 1. The first kappa shape index (κ1) is 23.2. The van der Waals surface area contributed by atoms with E-state index in [4.69, 9.17) is 23.2 Å². The van der Waals surface area contributed by atoms with Crippen molar-refractivity contribution < 1.29 is 9.90 Å². The smallest absolute Gasteiger partial charge is 0.325 e. The van der Waals surface area contributed by atoms with Crippen LogP contribution in [0, 0.1) is 0 Å². The third-order valence-electron chi connectivity index (χ3n) is 4.59. The lowest BCUT2D eigenvalue weighted by Gasteiger charge is -2.25. The Balaban J connectivity index is 0.00000300. The zero-order valence-corrected chi connectivity index (χ0v) is 18.1. The minimum atomic E-state index is -0.958. The van der Waals surface area contributed by atoms with Gasteiger partial charge in [0.25, 0.3) is 0 Å². The van der Waals surface area contributed by atoms with E-state index >= 15 is 0 Å². The summed E-state index contributed by atoms with van der Waals surface area (Å²) in [6.07, 6.45) is 0.724. The Labute approximate surface area is 186 Å². The highest BCUT2D eigenvalue weighted by Crippen LogP contribution is 2.25. The van der Waals surface area contributed by atoms with Gasteiger partial charge in [0.2, 0.25) is 0 Å². The second-order valence-corrected chi connectivity index (χ2v) is 7.35. The fourth-order valence-electron chi connectivity index (χ4n) is 3.16. The summed E-state index contributed by atoms with van der Waals surface area (Å²) < 4.78 is 0. The largest absolute Gasteiger partial charge is 0.480 e. The summed E-state index contributed by atoms with van der Waals surface area (Å²) in [4.78, 5) is 17.5. The number of carboxylic acids is 1. The number of aliphatic carboxylic acids is 1. The number of aromatic nitrogens is 1. The Bertz CT molecular complexity index is 930. The first-order chi connectivity index (χ1) is 13.4. The second-order valence-electron chi connectivity index (χ2n) is 6.58. The molecule has 0 fully saturated rings. The minimum Gasteiger partial charge on any atom is -0.480 e. The average Bonchev–Trinajstić information content (AvgIpc) is 2.66. The average molecular weight is 452 g/mol. The molecule has 0 bridgehead atoms. The van der Waals surface area contributed by atoms with Crippen LogP contribution in [0.1, 0.15) is 17.2 Å². The Kier molecular flexibility index (Phi) is 8.47. The van der Waals surface area contributed by atoms with Crippen molar-refractivity contribution in [3.8, 4) is 11.1 Å². The molecule has 7 heteroatoms. The monoisotopic (exact) mass is 450 g/mol. The first-order valence-electron chi connectivity index (χ1n) is 8.84. The van der Waals surface area contributed by atoms with Gasteiger partial charge in [-0.3, -0.25) is 9.69 Å². The molecule has 1 unspecified atom stereocenters. The van der Waals surface area contributed by atoms with Crippen molar-refractivity contribution in [2.45, 2.75) is 12.5 Å². The second kappa shape index (κ2) is 10.6. The molecule has 0 aliphatic heterocycles. The van der Waals surface area contributed by atoms with E-state index < -0.39 is 12.0 Å². The number of hydrogen-bond acceptors (Lipinski definition) is 3. The summed E-state index contributed by atoms with van der Waals surface area (Å²) in [6.45, 7) is 0.569. The molecule has 4 nitrogen and oxygen atoms in total. The van der Waals surface area contributed by atoms with E-state index in [0.29, 0.717) is 12.1 Å². The van der Waals surface area contributed by atoms with Crippen LogP contribution in [0.4, 0.5) is 0 Å². The molecule has 0 saturated heterocycles. The number of benzene rings is 2. The van der Waals surface area contributed by atoms with E-state index in [1.54, 1.807) is 11.9 Å². The SMILES string of the molecule is CN(CCc1ccc(-c2ccccc2)cc1)C(C(=O)O)c1cc(Cl)nc(Cl)c1.Cl. The number of nitrogens with zero attached hydrogens (tertiary/aromatic N) is 2. The standard InChI is InChI=1S/C22H20Cl2N2O2.ClH/c1-26(21(22(27)28)18-13-19(23)25-20(24)14-18)12-11-15-7-9-17(10-8-15)16-5-3-2-4-6-16;/h2-10,13-14,21H,11-12H2,1H3,(H,27,28);1H. The first-order valence-corrected chi connectivity index (χ1v) is 9.60. The van der Waals surface area contributed by atoms with E-state index in [0.717, 1.165) is 17.5 Å². The summed E-state index contributed by atoms with van der Waals surface area (Å²) in [5, 5.41) is 10.0. The molecule has 0 saturated carbocycles. The normalized spacial score (nSPS) is 11.7. The van der Waals surface area contributed by atoms with Crippen LogP contribution in [0.2, 0.25) is 10.3 Å². The molecule has 1 aromatic heterocycles. The van der Waals surface area contributed by atoms with Crippen molar-refractivity contribution in [2.24, 2.45) is 0 Å². The number of halogens is 3. The van der Waals surface area contributed by atoms with Gasteiger partial charge >= 0.3 is 5.97 Å². The number of carboxylic acid groups (broad SMARTS) is 1. The van der Waals surface area contributed by atoms with Crippen LogP contribution < -0.4 is 0 Å². The van der Waals surface area contributed by atoms with Crippen molar-refractivity contribution in [1.29, 1.82) is 0 Å². The molecular weight excluding hydrogens is 431 g/mol. The van der Waals surface area contributed by atoms with Gasteiger partial charge in [-0.15, -0.1) is 12.4 Å². The van der Waals surface area contributed by atoms with Crippen molar-refractivity contribution in [3.63, 3.8) is 0 Å². The van der Waals surface area contributed by atoms with Gasteiger partial charge in [0, 0.05) is 6.54 Å². The lowest BCUT2D eigenvalue weighted by molar-refractivity contribution is -0.143. The Hall–Kier alpha value is -2.11. The van der Waals surface area contributed by atoms with E-state index in [1.165, 1.54) is 17.7 Å². The molecule has 0 amide bonds. The van der Waals surface area contributed by atoms with Gasteiger partial charge < -0.3 is 5.11 Å². The minimum absolute atomic E-state index is 0.